The maximum absolute atomic E-state index is 9.41. The van der Waals surface area contributed by atoms with Gasteiger partial charge in [-0.2, -0.15) is 0 Å². The van der Waals surface area contributed by atoms with E-state index in [1.165, 1.54) is 0 Å². The molecule has 2 rings (SSSR count). The fourth-order valence-electron chi connectivity index (χ4n) is 2.09. The first kappa shape index (κ1) is 11.6. The molecule has 0 unspecified atom stereocenters. The minimum absolute atomic E-state index is 0.125. The van der Waals surface area contributed by atoms with Crippen LogP contribution in [0.1, 0.15) is 25.7 Å². The van der Waals surface area contributed by atoms with E-state index >= 15 is 0 Å². The highest BCUT2D eigenvalue weighted by atomic mass is 35.5. The van der Waals surface area contributed by atoms with Crippen molar-refractivity contribution in [1.82, 2.24) is 0 Å². The van der Waals surface area contributed by atoms with Crippen LogP contribution in [0, 0.1) is 0 Å². The summed E-state index contributed by atoms with van der Waals surface area (Å²) in [6.07, 6.45) is 3.58. The number of benzene rings is 1. The highest BCUT2D eigenvalue weighted by Gasteiger charge is 2.19. The molecule has 0 radical (unpaired) electrons. The molecule has 1 saturated carbocycles. The molecular formula is C12H17ClN2O. The standard InChI is InChI=1S/C12H17ClN2O/c13-11-7-8(14)1-6-12(11)15-9-2-4-10(16)5-3-9/h1,6-7,9-10,15-16H,2-5,14H2. The molecule has 0 aromatic heterocycles. The Hall–Kier alpha value is -0.930. The highest BCUT2D eigenvalue weighted by Crippen LogP contribution is 2.28. The molecule has 16 heavy (non-hydrogen) atoms. The predicted molar refractivity (Wildman–Crippen MR) is 67.7 cm³/mol. The SMILES string of the molecule is Nc1ccc(NC2CCC(O)CC2)c(Cl)c1. The summed E-state index contributed by atoms with van der Waals surface area (Å²) in [6, 6.07) is 5.90. The summed E-state index contributed by atoms with van der Waals surface area (Å²) in [5.74, 6) is 0. The number of aliphatic hydroxyl groups is 1. The molecule has 0 spiro atoms. The van der Waals surface area contributed by atoms with Crippen molar-refractivity contribution in [1.29, 1.82) is 0 Å². The fourth-order valence-corrected chi connectivity index (χ4v) is 2.33. The zero-order valence-corrected chi connectivity index (χ0v) is 9.87. The molecule has 1 fully saturated rings. The summed E-state index contributed by atoms with van der Waals surface area (Å²) in [7, 11) is 0. The van der Waals surface area contributed by atoms with Gasteiger partial charge in [-0.05, 0) is 43.9 Å². The van der Waals surface area contributed by atoms with Crippen molar-refractivity contribution < 1.29 is 5.11 Å². The summed E-state index contributed by atoms with van der Waals surface area (Å²) in [6.45, 7) is 0. The van der Waals surface area contributed by atoms with Gasteiger partial charge in [0.25, 0.3) is 0 Å². The number of nitrogens with two attached hydrogens (primary N) is 1. The lowest BCUT2D eigenvalue weighted by molar-refractivity contribution is 0.126. The van der Waals surface area contributed by atoms with Crippen molar-refractivity contribution in [3.8, 4) is 0 Å². The monoisotopic (exact) mass is 240 g/mol. The van der Waals surface area contributed by atoms with Crippen LogP contribution in [0.15, 0.2) is 18.2 Å². The van der Waals surface area contributed by atoms with Crippen molar-refractivity contribution in [3.05, 3.63) is 23.2 Å². The van der Waals surface area contributed by atoms with E-state index in [2.05, 4.69) is 5.32 Å². The van der Waals surface area contributed by atoms with Crippen molar-refractivity contribution >= 4 is 23.0 Å². The molecule has 88 valence electrons. The van der Waals surface area contributed by atoms with Crippen molar-refractivity contribution in [2.24, 2.45) is 0 Å². The number of nitrogens with one attached hydrogen (secondary N) is 1. The molecule has 0 saturated heterocycles. The number of anilines is 2. The lowest BCUT2D eigenvalue weighted by atomic mass is 9.93. The molecule has 0 atom stereocenters. The molecule has 1 aromatic rings. The predicted octanol–water partition coefficient (Wildman–Crippen LogP) is 2.64. The number of nitrogen functional groups attached to an aromatic ring is 1. The second kappa shape index (κ2) is 4.93. The van der Waals surface area contributed by atoms with E-state index in [9.17, 15) is 5.11 Å². The molecule has 0 aliphatic heterocycles. The Morgan fingerprint density at radius 2 is 1.94 bits per heavy atom. The fraction of sp³-hybridized carbons (Fsp3) is 0.500. The second-order valence-corrected chi connectivity index (χ2v) is 4.80. The van der Waals surface area contributed by atoms with E-state index in [1.54, 1.807) is 6.07 Å². The van der Waals surface area contributed by atoms with Gasteiger partial charge in [-0.25, -0.2) is 0 Å². The van der Waals surface area contributed by atoms with Crippen LogP contribution in [0.5, 0.6) is 0 Å². The molecule has 4 N–H and O–H groups in total. The molecule has 4 heteroatoms. The lowest BCUT2D eigenvalue weighted by Gasteiger charge is -2.27. The molecule has 1 aromatic carbocycles. The highest BCUT2D eigenvalue weighted by molar-refractivity contribution is 6.33. The van der Waals surface area contributed by atoms with Gasteiger partial charge in [0, 0.05) is 11.7 Å². The summed E-state index contributed by atoms with van der Waals surface area (Å²) < 4.78 is 0. The maximum atomic E-state index is 9.41. The number of halogens is 1. The van der Waals surface area contributed by atoms with Gasteiger partial charge in [0.1, 0.15) is 0 Å². The minimum Gasteiger partial charge on any atom is -0.399 e. The number of rotatable bonds is 2. The Morgan fingerprint density at radius 3 is 2.56 bits per heavy atom. The Morgan fingerprint density at radius 1 is 1.25 bits per heavy atom. The maximum Gasteiger partial charge on any atom is 0.0658 e. The summed E-state index contributed by atoms with van der Waals surface area (Å²) in [4.78, 5) is 0. The molecule has 1 aliphatic rings. The van der Waals surface area contributed by atoms with Crippen LogP contribution in [0.25, 0.3) is 0 Å². The third-order valence-corrected chi connectivity index (χ3v) is 3.36. The number of hydrogen-bond donors (Lipinski definition) is 3. The van der Waals surface area contributed by atoms with Gasteiger partial charge in [-0.15, -0.1) is 0 Å². The third-order valence-electron chi connectivity index (χ3n) is 3.05. The Bertz CT molecular complexity index is 362. The van der Waals surface area contributed by atoms with Crippen LogP contribution in [0.2, 0.25) is 5.02 Å². The van der Waals surface area contributed by atoms with Gasteiger partial charge < -0.3 is 16.2 Å². The van der Waals surface area contributed by atoms with Crippen LogP contribution in [-0.2, 0) is 0 Å². The Kier molecular flexibility index (Phi) is 3.56. The molecular weight excluding hydrogens is 224 g/mol. The van der Waals surface area contributed by atoms with Crippen molar-refractivity contribution in [2.75, 3.05) is 11.1 Å². The van der Waals surface area contributed by atoms with Gasteiger partial charge in [0.05, 0.1) is 16.8 Å². The largest absolute Gasteiger partial charge is 0.399 e. The average molecular weight is 241 g/mol. The molecule has 0 bridgehead atoms. The van der Waals surface area contributed by atoms with E-state index in [-0.39, 0.29) is 6.10 Å². The normalized spacial score (nSPS) is 25.4. The van der Waals surface area contributed by atoms with Gasteiger partial charge in [0.2, 0.25) is 0 Å². The van der Waals surface area contributed by atoms with Gasteiger partial charge in [0.15, 0.2) is 0 Å². The van der Waals surface area contributed by atoms with E-state index < -0.39 is 0 Å². The van der Waals surface area contributed by atoms with Crippen LogP contribution in [0.4, 0.5) is 11.4 Å². The van der Waals surface area contributed by atoms with Crippen molar-refractivity contribution in [3.63, 3.8) is 0 Å². The molecule has 1 aliphatic carbocycles. The first-order valence-electron chi connectivity index (χ1n) is 5.65. The molecule has 0 amide bonds. The first-order chi connectivity index (χ1) is 7.65. The van der Waals surface area contributed by atoms with Crippen LogP contribution in [-0.4, -0.2) is 17.3 Å². The van der Waals surface area contributed by atoms with Crippen LogP contribution >= 0.6 is 11.6 Å². The quantitative estimate of drug-likeness (QED) is 0.697. The van der Waals surface area contributed by atoms with Gasteiger partial charge in [-0.1, -0.05) is 11.6 Å². The average Bonchev–Trinajstić information content (AvgIpc) is 2.25. The van der Waals surface area contributed by atoms with Gasteiger partial charge >= 0.3 is 0 Å². The second-order valence-electron chi connectivity index (χ2n) is 4.39. The minimum atomic E-state index is -0.125. The molecule has 0 heterocycles. The first-order valence-corrected chi connectivity index (χ1v) is 6.02. The van der Waals surface area contributed by atoms with E-state index in [0.717, 1.165) is 31.4 Å². The van der Waals surface area contributed by atoms with E-state index in [0.29, 0.717) is 16.8 Å². The van der Waals surface area contributed by atoms with Crippen LogP contribution in [0.3, 0.4) is 0 Å². The summed E-state index contributed by atoms with van der Waals surface area (Å²) in [5, 5.41) is 13.5. The zero-order chi connectivity index (χ0) is 11.5. The third kappa shape index (κ3) is 2.80. The number of hydrogen-bond acceptors (Lipinski definition) is 3. The van der Waals surface area contributed by atoms with Crippen molar-refractivity contribution in [2.45, 2.75) is 37.8 Å². The lowest BCUT2D eigenvalue weighted by Crippen LogP contribution is -2.28. The smallest absolute Gasteiger partial charge is 0.0658 e. The Balaban J connectivity index is 1.98. The summed E-state index contributed by atoms with van der Waals surface area (Å²) >= 11 is 6.09. The topological polar surface area (TPSA) is 58.3 Å². The zero-order valence-electron chi connectivity index (χ0n) is 9.12. The molecule has 3 nitrogen and oxygen atoms in total. The van der Waals surface area contributed by atoms with E-state index in [1.807, 2.05) is 12.1 Å². The van der Waals surface area contributed by atoms with E-state index in [4.69, 9.17) is 17.3 Å². The number of aliphatic hydroxyl groups excluding tert-OH is 1. The summed E-state index contributed by atoms with van der Waals surface area (Å²) in [5.41, 5.74) is 7.24. The van der Waals surface area contributed by atoms with Gasteiger partial charge in [-0.3, -0.25) is 0 Å². The Labute approximate surface area is 101 Å². The van der Waals surface area contributed by atoms with Crippen LogP contribution < -0.4 is 11.1 Å².